The largest absolute Gasteiger partial charge is 0.447 e. The summed E-state index contributed by atoms with van der Waals surface area (Å²) in [5, 5.41) is 3.88. The standard InChI is InChI=1S/C15H15FN2O4/c1-15(2)8-21-14(20)18(15)13(19)12-7-11(17-22-12)9-3-5-10(16)6-4-9/h3-6,12H,7-8H2,1-2H3. The van der Waals surface area contributed by atoms with E-state index in [4.69, 9.17) is 9.57 Å². The van der Waals surface area contributed by atoms with Crippen molar-refractivity contribution < 1.29 is 23.6 Å². The molecule has 2 amide bonds. The minimum absolute atomic E-state index is 0.149. The molecule has 3 rings (SSSR count). The average Bonchev–Trinajstić information content (AvgIpc) is 3.05. The Kier molecular flexibility index (Phi) is 3.35. The molecule has 2 aliphatic rings. The van der Waals surface area contributed by atoms with Gasteiger partial charge >= 0.3 is 6.09 Å². The highest BCUT2D eigenvalue weighted by molar-refractivity contribution is 6.06. The van der Waals surface area contributed by atoms with E-state index in [1.165, 1.54) is 12.1 Å². The first-order valence-corrected chi connectivity index (χ1v) is 6.88. The lowest BCUT2D eigenvalue weighted by molar-refractivity contribution is -0.141. The van der Waals surface area contributed by atoms with E-state index in [1.807, 2.05) is 0 Å². The monoisotopic (exact) mass is 306 g/mol. The molecule has 0 radical (unpaired) electrons. The quantitative estimate of drug-likeness (QED) is 0.839. The third-order valence-corrected chi connectivity index (χ3v) is 3.68. The van der Waals surface area contributed by atoms with Gasteiger partial charge in [-0.25, -0.2) is 14.1 Å². The summed E-state index contributed by atoms with van der Waals surface area (Å²) < 4.78 is 17.8. The number of hydrogen-bond acceptors (Lipinski definition) is 5. The summed E-state index contributed by atoms with van der Waals surface area (Å²) in [5.41, 5.74) is 0.513. The molecule has 6 nitrogen and oxygen atoms in total. The van der Waals surface area contributed by atoms with Crippen molar-refractivity contribution in [1.82, 2.24) is 4.90 Å². The molecule has 1 unspecified atom stereocenters. The molecular weight excluding hydrogens is 291 g/mol. The molecule has 0 aromatic heterocycles. The lowest BCUT2D eigenvalue weighted by Crippen LogP contribution is -2.50. The first kappa shape index (κ1) is 14.5. The number of imide groups is 1. The van der Waals surface area contributed by atoms with Crippen LogP contribution < -0.4 is 0 Å². The Morgan fingerprint density at radius 2 is 2.05 bits per heavy atom. The van der Waals surface area contributed by atoms with E-state index in [1.54, 1.807) is 26.0 Å². The summed E-state index contributed by atoms with van der Waals surface area (Å²) in [7, 11) is 0. The van der Waals surface area contributed by atoms with Gasteiger partial charge in [-0.2, -0.15) is 0 Å². The Morgan fingerprint density at radius 1 is 1.36 bits per heavy atom. The first-order valence-electron chi connectivity index (χ1n) is 6.88. The third kappa shape index (κ3) is 2.43. The molecule has 1 fully saturated rings. The van der Waals surface area contributed by atoms with Crippen LogP contribution in [0.15, 0.2) is 29.4 Å². The zero-order valence-electron chi connectivity index (χ0n) is 12.2. The smallest absolute Gasteiger partial charge is 0.417 e. The van der Waals surface area contributed by atoms with Crippen LogP contribution in [0.2, 0.25) is 0 Å². The van der Waals surface area contributed by atoms with E-state index in [2.05, 4.69) is 5.16 Å². The lowest BCUT2D eigenvalue weighted by atomic mass is 10.0. The summed E-state index contributed by atoms with van der Waals surface area (Å²) in [6.45, 7) is 3.63. The molecule has 1 atom stereocenters. The highest BCUT2D eigenvalue weighted by Crippen LogP contribution is 2.27. The second kappa shape index (κ2) is 5.08. The van der Waals surface area contributed by atoms with Gasteiger partial charge in [-0.15, -0.1) is 0 Å². The molecule has 1 aromatic rings. The highest BCUT2D eigenvalue weighted by atomic mass is 19.1. The van der Waals surface area contributed by atoms with Crippen molar-refractivity contribution in [1.29, 1.82) is 0 Å². The number of cyclic esters (lactones) is 1. The van der Waals surface area contributed by atoms with Gasteiger partial charge in [0.1, 0.15) is 12.4 Å². The zero-order valence-corrected chi connectivity index (χ0v) is 12.2. The summed E-state index contributed by atoms with van der Waals surface area (Å²) in [4.78, 5) is 30.4. The summed E-state index contributed by atoms with van der Waals surface area (Å²) in [6.07, 6.45) is -1.32. The fraction of sp³-hybridized carbons (Fsp3) is 0.400. The van der Waals surface area contributed by atoms with Crippen LogP contribution in [0, 0.1) is 5.82 Å². The predicted octanol–water partition coefficient (Wildman–Crippen LogP) is 2.08. The molecule has 2 heterocycles. The van der Waals surface area contributed by atoms with Gasteiger partial charge in [0, 0.05) is 6.42 Å². The molecular formula is C15H15FN2O4. The van der Waals surface area contributed by atoms with E-state index in [9.17, 15) is 14.0 Å². The number of hydrogen-bond donors (Lipinski definition) is 0. The topological polar surface area (TPSA) is 68.2 Å². The zero-order chi connectivity index (χ0) is 15.9. The van der Waals surface area contributed by atoms with Crippen molar-refractivity contribution in [3.63, 3.8) is 0 Å². The average molecular weight is 306 g/mol. The highest BCUT2D eigenvalue weighted by Gasteiger charge is 2.48. The number of carbonyl (C=O) groups is 2. The van der Waals surface area contributed by atoms with Gasteiger partial charge in [-0.1, -0.05) is 17.3 Å². The van der Waals surface area contributed by atoms with Gasteiger partial charge in [0.2, 0.25) is 6.10 Å². The lowest BCUT2D eigenvalue weighted by Gasteiger charge is -2.27. The van der Waals surface area contributed by atoms with Crippen molar-refractivity contribution in [3.8, 4) is 0 Å². The van der Waals surface area contributed by atoms with E-state index in [0.29, 0.717) is 11.3 Å². The van der Waals surface area contributed by atoms with Crippen molar-refractivity contribution >= 4 is 17.7 Å². The van der Waals surface area contributed by atoms with Gasteiger partial charge in [0.15, 0.2) is 0 Å². The summed E-state index contributed by atoms with van der Waals surface area (Å²) in [6, 6.07) is 5.76. The number of halogens is 1. The molecule has 116 valence electrons. The van der Waals surface area contributed by atoms with Gasteiger partial charge in [-0.05, 0) is 31.5 Å². The number of ether oxygens (including phenoxy) is 1. The molecule has 0 N–H and O–H groups in total. The molecule has 0 aliphatic carbocycles. The van der Waals surface area contributed by atoms with Crippen molar-refractivity contribution in [2.45, 2.75) is 31.9 Å². The Labute approximate surface area is 126 Å². The first-order chi connectivity index (χ1) is 10.4. The van der Waals surface area contributed by atoms with E-state index < -0.39 is 23.6 Å². The number of amides is 2. The molecule has 1 aromatic carbocycles. The Morgan fingerprint density at radius 3 is 2.64 bits per heavy atom. The van der Waals surface area contributed by atoms with Crippen LogP contribution in [0.1, 0.15) is 25.8 Å². The maximum Gasteiger partial charge on any atom is 0.417 e. The van der Waals surface area contributed by atoms with Crippen LogP contribution in [0.5, 0.6) is 0 Å². The predicted molar refractivity (Wildman–Crippen MR) is 74.7 cm³/mol. The van der Waals surface area contributed by atoms with Crippen LogP contribution in [-0.4, -0.2) is 40.9 Å². The van der Waals surface area contributed by atoms with Crippen LogP contribution in [0.3, 0.4) is 0 Å². The van der Waals surface area contributed by atoms with Crippen molar-refractivity contribution in [3.05, 3.63) is 35.6 Å². The molecule has 22 heavy (non-hydrogen) atoms. The second-order valence-electron chi connectivity index (χ2n) is 5.88. The van der Waals surface area contributed by atoms with Gasteiger partial charge < -0.3 is 9.57 Å². The van der Waals surface area contributed by atoms with E-state index >= 15 is 0 Å². The van der Waals surface area contributed by atoms with Gasteiger partial charge in [0.25, 0.3) is 5.91 Å². The van der Waals surface area contributed by atoms with E-state index in [0.717, 1.165) is 4.90 Å². The maximum absolute atomic E-state index is 12.9. The summed E-state index contributed by atoms with van der Waals surface area (Å²) >= 11 is 0. The molecule has 2 aliphatic heterocycles. The van der Waals surface area contributed by atoms with Crippen LogP contribution in [0.4, 0.5) is 9.18 Å². The minimum atomic E-state index is -0.870. The number of oxime groups is 1. The van der Waals surface area contributed by atoms with Crippen LogP contribution in [0.25, 0.3) is 0 Å². The Balaban J connectivity index is 1.73. The van der Waals surface area contributed by atoms with Crippen molar-refractivity contribution in [2.75, 3.05) is 6.61 Å². The SMILES string of the molecule is CC1(C)COC(=O)N1C(=O)C1CC(c2ccc(F)cc2)=NO1. The minimum Gasteiger partial charge on any atom is -0.447 e. The maximum atomic E-state index is 12.9. The molecule has 7 heteroatoms. The molecule has 0 bridgehead atoms. The summed E-state index contributed by atoms with van der Waals surface area (Å²) in [5.74, 6) is -0.828. The third-order valence-electron chi connectivity index (χ3n) is 3.68. The molecule has 1 saturated heterocycles. The van der Waals surface area contributed by atoms with Gasteiger partial charge in [0.05, 0.1) is 11.3 Å². The molecule has 0 spiro atoms. The van der Waals surface area contributed by atoms with Crippen LogP contribution >= 0.6 is 0 Å². The Bertz CT molecular complexity index is 654. The Hall–Kier alpha value is -2.44. The normalized spacial score (nSPS) is 23.0. The fourth-order valence-electron chi connectivity index (χ4n) is 2.47. The number of nitrogens with zero attached hydrogens (tertiary/aromatic N) is 2. The second-order valence-corrected chi connectivity index (χ2v) is 5.88. The fourth-order valence-corrected chi connectivity index (χ4v) is 2.47. The van der Waals surface area contributed by atoms with Crippen molar-refractivity contribution in [2.24, 2.45) is 5.16 Å². The molecule has 0 saturated carbocycles. The van der Waals surface area contributed by atoms with Gasteiger partial charge in [-0.3, -0.25) is 4.79 Å². The van der Waals surface area contributed by atoms with Crippen LogP contribution in [-0.2, 0) is 14.4 Å². The number of carbonyl (C=O) groups excluding carboxylic acids is 2. The number of benzene rings is 1. The number of rotatable bonds is 2. The van der Waals surface area contributed by atoms with E-state index in [-0.39, 0.29) is 18.8 Å².